The van der Waals surface area contributed by atoms with Crippen molar-refractivity contribution >= 4 is 0 Å². The van der Waals surface area contributed by atoms with Crippen molar-refractivity contribution in [3.63, 3.8) is 0 Å². The summed E-state index contributed by atoms with van der Waals surface area (Å²) < 4.78 is 10.9. The number of ether oxygens (including phenoxy) is 2. The summed E-state index contributed by atoms with van der Waals surface area (Å²) in [5.41, 5.74) is 2.32. The van der Waals surface area contributed by atoms with Crippen LogP contribution in [-0.4, -0.2) is 20.8 Å². The molecule has 1 saturated heterocycles. The van der Waals surface area contributed by atoms with Gasteiger partial charge in [0.05, 0.1) is 14.2 Å². The highest BCUT2D eigenvalue weighted by Gasteiger charge is 2.25. The number of rotatable bonds is 3. The fourth-order valence-corrected chi connectivity index (χ4v) is 2.61. The average molecular weight is 235 g/mol. The molecule has 1 fully saturated rings. The third-order valence-electron chi connectivity index (χ3n) is 3.54. The summed E-state index contributed by atoms with van der Waals surface area (Å²) in [4.78, 5) is 0. The van der Waals surface area contributed by atoms with Crippen LogP contribution in [0, 0.1) is 12.8 Å². The van der Waals surface area contributed by atoms with E-state index < -0.39 is 0 Å². The second-order valence-electron chi connectivity index (χ2n) is 4.82. The zero-order chi connectivity index (χ0) is 12.4. The smallest absolute Gasteiger partial charge is 0.130 e. The molecular weight excluding hydrogens is 214 g/mol. The lowest BCUT2D eigenvalue weighted by Crippen LogP contribution is -2.14. The van der Waals surface area contributed by atoms with Crippen LogP contribution in [0.25, 0.3) is 0 Å². The zero-order valence-corrected chi connectivity index (χ0v) is 11.0. The molecule has 1 aromatic carbocycles. The third-order valence-corrected chi connectivity index (χ3v) is 3.54. The molecule has 1 aromatic rings. The van der Waals surface area contributed by atoms with Crippen molar-refractivity contribution in [3.05, 3.63) is 23.3 Å². The van der Waals surface area contributed by atoms with Crippen LogP contribution in [0.15, 0.2) is 12.1 Å². The van der Waals surface area contributed by atoms with Gasteiger partial charge in [0.25, 0.3) is 0 Å². The van der Waals surface area contributed by atoms with Gasteiger partial charge in [-0.3, -0.25) is 0 Å². The Bertz CT molecular complexity index is 403. The molecule has 1 aliphatic rings. The number of benzene rings is 1. The lowest BCUT2D eigenvalue weighted by molar-refractivity contribution is 0.381. The second kappa shape index (κ2) is 4.96. The van der Waals surface area contributed by atoms with E-state index in [0.29, 0.717) is 6.04 Å². The monoisotopic (exact) mass is 235 g/mol. The van der Waals surface area contributed by atoms with Gasteiger partial charge in [0, 0.05) is 17.2 Å². The van der Waals surface area contributed by atoms with E-state index in [1.807, 2.05) is 13.0 Å². The minimum Gasteiger partial charge on any atom is -0.496 e. The van der Waals surface area contributed by atoms with Gasteiger partial charge in [-0.15, -0.1) is 0 Å². The standard InChI is InChI=1S/C14H21NO2/c1-9-7-12(15-8-9)11-5-6-13(16-3)10(2)14(11)17-4/h5-6,9,12,15H,7-8H2,1-4H3/t9-,12+/m0/s1. The van der Waals surface area contributed by atoms with Gasteiger partial charge in [-0.2, -0.15) is 0 Å². The van der Waals surface area contributed by atoms with Gasteiger partial charge in [0.15, 0.2) is 0 Å². The molecule has 0 saturated carbocycles. The van der Waals surface area contributed by atoms with E-state index in [0.717, 1.165) is 29.5 Å². The quantitative estimate of drug-likeness (QED) is 0.873. The highest BCUT2D eigenvalue weighted by molar-refractivity contribution is 5.50. The summed E-state index contributed by atoms with van der Waals surface area (Å²) in [6.45, 7) is 5.40. The van der Waals surface area contributed by atoms with Gasteiger partial charge >= 0.3 is 0 Å². The molecule has 3 heteroatoms. The summed E-state index contributed by atoms with van der Waals surface area (Å²) in [6, 6.07) is 4.54. The Morgan fingerprint density at radius 1 is 1.24 bits per heavy atom. The molecule has 1 N–H and O–H groups in total. The second-order valence-corrected chi connectivity index (χ2v) is 4.82. The SMILES string of the molecule is COc1ccc([C@H]2C[C@H](C)CN2)c(OC)c1C. The van der Waals surface area contributed by atoms with Gasteiger partial charge in [-0.25, -0.2) is 0 Å². The minimum absolute atomic E-state index is 0.407. The van der Waals surface area contributed by atoms with Gasteiger partial charge in [-0.1, -0.05) is 13.0 Å². The molecule has 0 unspecified atom stereocenters. The van der Waals surface area contributed by atoms with Crippen LogP contribution in [0.5, 0.6) is 11.5 Å². The molecule has 17 heavy (non-hydrogen) atoms. The number of hydrogen-bond acceptors (Lipinski definition) is 3. The van der Waals surface area contributed by atoms with E-state index in [1.165, 1.54) is 12.0 Å². The summed E-state index contributed by atoms with van der Waals surface area (Å²) >= 11 is 0. The molecule has 2 atom stereocenters. The lowest BCUT2D eigenvalue weighted by atomic mass is 9.98. The average Bonchev–Trinajstić information content (AvgIpc) is 2.75. The van der Waals surface area contributed by atoms with Crippen LogP contribution in [0.3, 0.4) is 0 Å². The first kappa shape index (κ1) is 12.2. The first-order valence-corrected chi connectivity index (χ1v) is 6.12. The largest absolute Gasteiger partial charge is 0.496 e. The Morgan fingerprint density at radius 3 is 2.53 bits per heavy atom. The van der Waals surface area contributed by atoms with Crippen molar-refractivity contribution in [1.82, 2.24) is 5.32 Å². The number of nitrogens with one attached hydrogen (secondary N) is 1. The normalized spacial score (nSPS) is 23.8. The van der Waals surface area contributed by atoms with Crippen molar-refractivity contribution in [1.29, 1.82) is 0 Å². The van der Waals surface area contributed by atoms with Crippen LogP contribution >= 0.6 is 0 Å². The van der Waals surface area contributed by atoms with E-state index in [1.54, 1.807) is 14.2 Å². The summed E-state index contributed by atoms with van der Waals surface area (Å²) in [5.74, 6) is 2.57. The molecule has 0 spiro atoms. The fraction of sp³-hybridized carbons (Fsp3) is 0.571. The molecular formula is C14H21NO2. The first-order valence-electron chi connectivity index (χ1n) is 6.12. The molecule has 0 aliphatic carbocycles. The van der Waals surface area contributed by atoms with Gasteiger partial charge in [0.2, 0.25) is 0 Å². The Labute approximate surface area is 103 Å². The van der Waals surface area contributed by atoms with Crippen molar-refractivity contribution in [2.45, 2.75) is 26.3 Å². The van der Waals surface area contributed by atoms with Crippen LogP contribution in [0.1, 0.15) is 30.5 Å². The highest BCUT2D eigenvalue weighted by atomic mass is 16.5. The molecule has 0 amide bonds. The predicted molar refractivity (Wildman–Crippen MR) is 68.8 cm³/mol. The van der Waals surface area contributed by atoms with Crippen LogP contribution in [0.4, 0.5) is 0 Å². The molecule has 3 nitrogen and oxygen atoms in total. The van der Waals surface area contributed by atoms with E-state index in [4.69, 9.17) is 9.47 Å². The Kier molecular flexibility index (Phi) is 3.57. The maximum absolute atomic E-state index is 5.55. The number of methoxy groups -OCH3 is 2. The highest BCUT2D eigenvalue weighted by Crippen LogP contribution is 2.38. The van der Waals surface area contributed by atoms with Crippen molar-refractivity contribution in [3.8, 4) is 11.5 Å². The first-order chi connectivity index (χ1) is 8.17. The van der Waals surface area contributed by atoms with E-state index >= 15 is 0 Å². The maximum Gasteiger partial charge on any atom is 0.130 e. The summed E-state index contributed by atoms with van der Waals surface area (Å²) in [6.07, 6.45) is 1.17. The zero-order valence-electron chi connectivity index (χ0n) is 11.0. The summed E-state index contributed by atoms with van der Waals surface area (Å²) in [7, 11) is 3.42. The van der Waals surface area contributed by atoms with Crippen molar-refractivity contribution in [2.75, 3.05) is 20.8 Å². The molecule has 94 valence electrons. The van der Waals surface area contributed by atoms with Gasteiger partial charge < -0.3 is 14.8 Å². The molecule has 1 heterocycles. The molecule has 0 radical (unpaired) electrons. The van der Waals surface area contributed by atoms with Crippen LogP contribution < -0.4 is 14.8 Å². The Morgan fingerprint density at radius 2 is 2.00 bits per heavy atom. The summed E-state index contributed by atoms with van der Waals surface area (Å²) in [5, 5.41) is 3.54. The predicted octanol–water partition coefficient (Wildman–Crippen LogP) is 2.68. The fourth-order valence-electron chi connectivity index (χ4n) is 2.61. The molecule has 1 aliphatic heterocycles. The van der Waals surface area contributed by atoms with Crippen molar-refractivity contribution in [2.24, 2.45) is 5.92 Å². The van der Waals surface area contributed by atoms with Crippen molar-refractivity contribution < 1.29 is 9.47 Å². The minimum atomic E-state index is 0.407. The lowest BCUT2D eigenvalue weighted by Gasteiger charge is -2.18. The van der Waals surface area contributed by atoms with E-state index in [2.05, 4.69) is 18.3 Å². The Balaban J connectivity index is 2.37. The molecule has 2 rings (SSSR count). The third kappa shape index (κ3) is 2.25. The maximum atomic E-state index is 5.55. The van der Waals surface area contributed by atoms with Gasteiger partial charge in [-0.05, 0) is 31.9 Å². The Hall–Kier alpha value is -1.22. The van der Waals surface area contributed by atoms with Crippen LogP contribution in [0.2, 0.25) is 0 Å². The van der Waals surface area contributed by atoms with E-state index in [-0.39, 0.29) is 0 Å². The van der Waals surface area contributed by atoms with E-state index in [9.17, 15) is 0 Å². The van der Waals surface area contributed by atoms with Crippen LogP contribution in [-0.2, 0) is 0 Å². The number of hydrogen-bond donors (Lipinski definition) is 1. The molecule has 0 bridgehead atoms. The molecule has 0 aromatic heterocycles. The van der Waals surface area contributed by atoms with Gasteiger partial charge in [0.1, 0.15) is 11.5 Å². The topological polar surface area (TPSA) is 30.5 Å².